The van der Waals surface area contributed by atoms with Gasteiger partial charge in [-0.05, 0) is 66.6 Å². The fourth-order valence-corrected chi connectivity index (χ4v) is 6.52. The number of carbonyl (C=O) groups is 1. The Bertz CT molecular complexity index is 391. The Morgan fingerprint density at radius 2 is 1.61 bits per heavy atom. The van der Waals surface area contributed by atoms with Crippen LogP contribution in [0, 0.1) is 47.3 Å². The first-order chi connectivity index (χ1) is 8.58. The average Bonchev–Trinajstić information content (AvgIpc) is 2.97. The molecule has 0 aliphatic heterocycles. The third kappa shape index (κ3) is 1.22. The van der Waals surface area contributed by atoms with Gasteiger partial charge in [-0.2, -0.15) is 0 Å². The van der Waals surface area contributed by atoms with Gasteiger partial charge in [0.1, 0.15) is 6.10 Å². The molecule has 0 N–H and O–H groups in total. The summed E-state index contributed by atoms with van der Waals surface area (Å²) in [5.41, 5.74) is 0. The molecule has 9 atom stereocenters. The van der Waals surface area contributed by atoms with Gasteiger partial charge in [-0.3, -0.25) is 4.79 Å². The van der Waals surface area contributed by atoms with E-state index in [0.29, 0.717) is 5.92 Å². The van der Waals surface area contributed by atoms with E-state index >= 15 is 0 Å². The van der Waals surface area contributed by atoms with Gasteiger partial charge >= 0.3 is 5.97 Å². The second-order valence-corrected chi connectivity index (χ2v) is 7.48. The van der Waals surface area contributed by atoms with Gasteiger partial charge in [0.05, 0.1) is 0 Å². The van der Waals surface area contributed by atoms with Crippen LogP contribution in [0.15, 0.2) is 0 Å². The molecular weight excluding hydrogens is 224 g/mol. The van der Waals surface area contributed by atoms with Gasteiger partial charge in [-0.1, -0.05) is 13.8 Å². The first kappa shape index (κ1) is 11.3. The van der Waals surface area contributed by atoms with E-state index in [2.05, 4.69) is 13.8 Å². The van der Waals surface area contributed by atoms with E-state index < -0.39 is 0 Å². The van der Waals surface area contributed by atoms with Gasteiger partial charge in [0.2, 0.25) is 0 Å². The predicted molar refractivity (Wildman–Crippen MR) is 68.7 cm³/mol. The Kier molecular flexibility index (Phi) is 2.21. The second kappa shape index (κ2) is 3.52. The SMILES string of the molecule is CC(=O)OC1CC2CC1C1C3CC(C(C)C3C)C21. The molecule has 0 amide bonds. The molecule has 4 aliphatic rings. The molecule has 4 fully saturated rings. The molecule has 0 aromatic heterocycles. The summed E-state index contributed by atoms with van der Waals surface area (Å²) >= 11 is 0. The third-order valence-electron chi connectivity index (χ3n) is 7.10. The summed E-state index contributed by atoms with van der Waals surface area (Å²) in [4.78, 5) is 11.2. The zero-order valence-corrected chi connectivity index (χ0v) is 11.6. The highest BCUT2D eigenvalue weighted by Gasteiger charge is 2.66. The number of fused-ring (bicyclic) bond motifs is 9. The Morgan fingerprint density at radius 1 is 0.944 bits per heavy atom. The van der Waals surface area contributed by atoms with Crippen LogP contribution in [-0.2, 0) is 9.53 Å². The molecule has 9 unspecified atom stereocenters. The summed E-state index contributed by atoms with van der Waals surface area (Å²) in [6.07, 6.45) is 4.24. The number of carbonyl (C=O) groups excluding carboxylic acids is 1. The van der Waals surface area contributed by atoms with Gasteiger partial charge < -0.3 is 4.74 Å². The molecule has 0 saturated heterocycles. The van der Waals surface area contributed by atoms with Crippen molar-refractivity contribution in [1.29, 1.82) is 0 Å². The van der Waals surface area contributed by atoms with Gasteiger partial charge in [0.15, 0.2) is 0 Å². The van der Waals surface area contributed by atoms with Crippen molar-refractivity contribution in [3.63, 3.8) is 0 Å². The fourth-order valence-electron chi connectivity index (χ4n) is 6.52. The number of hydrogen-bond donors (Lipinski definition) is 0. The molecular formula is C16H24O2. The van der Waals surface area contributed by atoms with Crippen LogP contribution >= 0.6 is 0 Å². The van der Waals surface area contributed by atoms with E-state index in [4.69, 9.17) is 4.74 Å². The number of ether oxygens (including phenoxy) is 1. The summed E-state index contributed by atoms with van der Waals surface area (Å²) in [5, 5.41) is 0. The highest BCUT2D eigenvalue weighted by molar-refractivity contribution is 5.66. The minimum atomic E-state index is -0.0753. The Labute approximate surface area is 109 Å². The maximum Gasteiger partial charge on any atom is 0.302 e. The summed E-state index contributed by atoms with van der Waals surface area (Å²) < 4.78 is 5.58. The molecule has 0 aromatic rings. The largest absolute Gasteiger partial charge is 0.462 e. The second-order valence-electron chi connectivity index (χ2n) is 7.48. The third-order valence-corrected chi connectivity index (χ3v) is 7.10. The van der Waals surface area contributed by atoms with Gasteiger partial charge in [-0.25, -0.2) is 0 Å². The maximum atomic E-state index is 11.2. The van der Waals surface area contributed by atoms with Crippen LogP contribution in [0.25, 0.3) is 0 Å². The van der Waals surface area contributed by atoms with E-state index in [1.807, 2.05) is 0 Å². The zero-order chi connectivity index (χ0) is 12.6. The average molecular weight is 248 g/mol. The molecule has 0 radical (unpaired) electrons. The lowest BCUT2D eigenvalue weighted by molar-refractivity contribution is -0.151. The minimum Gasteiger partial charge on any atom is -0.462 e. The van der Waals surface area contributed by atoms with Crippen molar-refractivity contribution >= 4 is 5.97 Å². The molecule has 4 bridgehead atoms. The van der Waals surface area contributed by atoms with E-state index in [1.165, 1.54) is 12.8 Å². The Hall–Kier alpha value is -0.530. The number of hydrogen-bond acceptors (Lipinski definition) is 2. The van der Waals surface area contributed by atoms with Crippen LogP contribution in [0.3, 0.4) is 0 Å². The van der Waals surface area contributed by atoms with E-state index in [9.17, 15) is 4.79 Å². The van der Waals surface area contributed by atoms with Crippen molar-refractivity contribution in [2.75, 3.05) is 0 Å². The molecule has 2 nitrogen and oxygen atoms in total. The summed E-state index contributed by atoms with van der Waals surface area (Å²) in [6, 6.07) is 0. The number of rotatable bonds is 1. The van der Waals surface area contributed by atoms with Crippen molar-refractivity contribution in [3.05, 3.63) is 0 Å². The van der Waals surface area contributed by atoms with Crippen LogP contribution in [0.4, 0.5) is 0 Å². The topological polar surface area (TPSA) is 26.3 Å². The summed E-state index contributed by atoms with van der Waals surface area (Å²) in [7, 11) is 0. The van der Waals surface area contributed by atoms with E-state index in [0.717, 1.165) is 47.8 Å². The van der Waals surface area contributed by atoms with Gasteiger partial charge in [-0.15, -0.1) is 0 Å². The van der Waals surface area contributed by atoms with Gasteiger partial charge in [0.25, 0.3) is 0 Å². The normalized spacial score (nSPS) is 60.1. The smallest absolute Gasteiger partial charge is 0.302 e. The quantitative estimate of drug-likeness (QED) is 0.526. The fraction of sp³-hybridized carbons (Fsp3) is 0.938. The molecule has 18 heavy (non-hydrogen) atoms. The Balaban J connectivity index is 1.60. The maximum absolute atomic E-state index is 11.2. The molecule has 0 spiro atoms. The summed E-state index contributed by atoms with van der Waals surface area (Å²) in [6.45, 7) is 6.49. The monoisotopic (exact) mass is 248 g/mol. The summed E-state index contributed by atoms with van der Waals surface area (Å²) in [5.74, 6) is 7.13. The molecule has 0 aromatic carbocycles. The standard InChI is InChI=1S/C16H24O2/c1-7-8(2)12-6-11(7)15-10-4-13(16(12)15)14(5-10)18-9(3)17/h7-8,10-16H,4-6H2,1-3H3. The predicted octanol–water partition coefficient (Wildman–Crippen LogP) is 3.11. The lowest BCUT2D eigenvalue weighted by atomic mass is 9.64. The van der Waals surface area contributed by atoms with E-state index in [-0.39, 0.29) is 12.1 Å². The van der Waals surface area contributed by atoms with Crippen molar-refractivity contribution < 1.29 is 9.53 Å². The molecule has 0 heterocycles. The van der Waals surface area contributed by atoms with Crippen LogP contribution < -0.4 is 0 Å². The molecule has 4 saturated carbocycles. The van der Waals surface area contributed by atoms with Crippen molar-refractivity contribution in [2.45, 2.75) is 46.1 Å². The Morgan fingerprint density at radius 3 is 2.28 bits per heavy atom. The first-order valence-corrected chi connectivity index (χ1v) is 7.75. The molecule has 100 valence electrons. The highest BCUT2D eigenvalue weighted by Crippen LogP contribution is 2.70. The van der Waals surface area contributed by atoms with Crippen LogP contribution in [0.5, 0.6) is 0 Å². The lowest BCUT2D eigenvalue weighted by Gasteiger charge is -2.43. The van der Waals surface area contributed by atoms with Crippen LogP contribution in [0.1, 0.15) is 40.0 Å². The number of esters is 1. The van der Waals surface area contributed by atoms with Crippen molar-refractivity contribution in [1.82, 2.24) is 0 Å². The minimum absolute atomic E-state index is 0.0753. The van der Waals surface area contributed by atoms with Crippen molar-refractivity contribution in [2.24, 2.45) is 47.3 Å². The molecule has 4 rings (SSSR count). The van der Waals surface area contributed by atoms with Crippen LogP contribution in [-0.4, -0.2) is 12.1 Å². The highest BCUT2D eigenvalue weighted by atomic mass is 16.5. The molecule has 4 aliphatic carbocycles. The zero-order valence-electron chi connectivity index (χ0n) is 11.6. The molecule has 2 heteroatoms. The first-order valence-electron chi connectivity index (χ1n) is 7.75. The van der Waals surface area contributed by atoms with E-state index in [1.54, 1.807) is 6.92 Å². The van der Waals surface area contributed by atoms with Crippen LogP contribution in [0.2, 0.25) is 0 Å². The van der Waals surface area contributed by atoms with Gasteiger partial charge in [0, 0.05) is 6.92 Å². The lowest BCUT2D eigenvalue weighted by Crippen LogP contribution is -2.41. The van der Waals surface area contributed by atoms with Crippen molar-refractivity contribution in [3.8, 4) is 0 Å².